The Morgan fingerprint density at radius 3 is 2.27 bits per heavy atom. The summed E-state index contributed by atoms with van der Waals surface area (Å²) in [4.78, 5) is 0.452. The molecular weight excluding hydrogens is 205 g/mol. The molecule has 1 aromatic carbocycles. The molecule has 4 N–H and O–H groups in total. The van der Waals surface area contributed by atoms with Crippen molar-refractivity contribution in [3.05, 3.63) is 35.1 Å². The first kappa shape index (κ1) is 10.5. The van der Waals surface area contributed by atoms with Gasteiger partial charge < -0.3 is 20.4 Å². The molecule has 0 atom stereocenters. The van der Waals surface area contributed by atoms with Crippen molar-refractivity contribution in [1.82, 2.24) is 4.90 Å². The summed E-state index contributed by atoms with van der Waals surface area (Å²) in [5.41, 5.74) is -0.826. The fraction of sp³-hybridized carbons (Fsp3) is 0.333. The molecule has 5 nitrogen and oxygen atoms in total. The molecule has 0 spiro atoms. The van der Waals surface area contributed by atoms with Crippen molar-refractivity contribution < 1.29 is 24.8 Å². The van der Waals surface area contributed by atoms with Crippen LogP contribution in [-0.2, 0) is 11.8 Å². The van der Waals surface area contributed by atoms with Gasteiger partial charge in [0.15, 0.2) is 0 Å². The van der Waals surface area contributed by atoms with Gasteiger partial charge in [-0.1, -0.05) is 12.1 Å². The third kappa shape index (κ3) is 1.14. The van der Waals surface area contributed by atoms with Gasteiger partial charge in [0.2, 0.25) is 0 Å². The summed E-state index contributed by atoms with van der Waals surface area (Å²) < 4.78 is 13.3. The summed E-state index contributed by atoms with van der Waals surface area (Å²) in [7, 11) is 1.06. The predicted molar refractivity (Wildman–Crippen MR) is 46.4 cm³/mol. The van der Waals surface area contributed by atoms with Crippen molar-refractivity contribution in [3.63, 3.8) is 0 Å². The molecule has 1 aromatic rings. The van der Waals surface area contributed by atoms with E-state index < -0.39 is 23.2 Å². The van der Waals surface area contributed by atoms with E-state index in [0.717, 1.165) is 13.1 Å². The molecule has 0 aromatic heterocycles. The van der Waals surface area contributed by atoms with Gasteiger partial charge in [-0.05, 0) is 13.1 Å². The Bertz CT molecular complexity index is 419. The van der Waals surface area contributed by atoms with Crippen LogP contribution in [0.5, 0.6) is 0 Å². The lowest BCUT2D eigenvalue weighted by atomic mass is 10.1. The normalized spacial score (nSPS) is 22.8. The standard InChI is InChI=1S/C9H10FNO4/c1-11-8(12,13)5-3-2-4-6(10)7(5)9(11,14)15/h2-4,12-15H,1H3. The van der Waals surface area contributed by atoms with Crippen LogP contribution < -0.4 is 0 Å². The summed E-state index contributed by atoms with van der Waals surface area (Å²) in [5, 5.41) is 38.2. The van der Waals surface area contributed by atoms with Gasteiger partial charge in [-0.2, -0.15) is 4.90 Å². The highest BCUT2D eigenvalue weighted by atomic mass is 19.1. The number of nitrogens with zero attached hydrogens (tertiary/aromatic N) is 1. The number of hydrogen-bond donors (Lipinski definition) is 4. The maximum Gasteiger partial charge on any atom is 0.260 e. The summed E-state index contributed by atoms with van der Waals surface area (Å²) in [6.45, 7) is 0. The fourth-order valence-corrected chi connectivity index (χ4v) is 1.71. The van der Waals surface area contributed by atoms with E-state index >= 15 is 0 Å². The van der Waals surface area contributed by atoms with Crippen LogP contribution in [-0.4, -0.2) is 32.4 Å². The zero-order valence-corrected chi connectivity index (χ0v) is 7.85. The Hall–Kier alpha value is -1.05. The molecule has 1 aliphatic heterocycles. The third-order valence-corrected chi connectivity index (χ3v) is 2.65. The molecule has 0 aliphatic carbocycles. The maximum atomic E-state index is 13.3. The quantitative estimate of drug-likeness (QED) is 0.415. The topological polar surface area (TPSA) is 84.2 Å². The number of halogens is 1. The second-order valence-electron chi connectivity index (χ2n) is 3.49. The number of rotatable bonds is 0. The molecule has 6 heteroatoms. The van der Waals surface area contributed by atoms with Crippen molar-refractivity contribution in [2.45, 2.75) is 11.8 Å². The molecule has 0 radical (unpaired) electrons. The average molecular weight is 215 g/mol. The molecule has 0 amide bonds. The zero-order chi connectivity index (χ0) is 11.4. The molecule has 0 saturated heterocycles. The lowest BCUT2D eigenvalue weighted by Crippen LogP contribution is -2.48. The Balaban J connectivity index is 2.77. The van der Waals surface area contributed by atoms with E-state index in [1.807, 2.05) is 0 Å². The first-order valence-electron chi connectivity index (χ1n) is 4.22. The predicted octanol–water partition coefficient (Wildman–Crippen LogP) is -1.04. The van der Waals surface area contributed by atoms with E-state index in [2.05, 4.69) is 0 Å². The molecule has 0 unspecified atom stereocenters. The highest BCUT2D eigenvalue weighted by Crippen LogP contribution is 2.43. The smallest absolute Gasteiger partial charge is 0.260 e. The molecule has 1 aliphatic rings. The van der Waals surface area contributed by atoms with Gasteiger partial charge in [-0.3, -0.25) is 0 Å². The van der Waals surface area contributed by atoms with Crippen LogP contribution in [0, 0.1) is 5.82 Å². The van der Waals surface area contributed by atoms with Crippen LogP contribution in [0.4, 0.5) is 4.39 Å². The van der Waals surface area contributed by atoms with Crippen LogP contribution in [0.25, 0.3) is 0 Å². The van der Waals surface area contributed by atoms with Crippen molar-refractivity contribution in [3.8, 4) is 0 Å². The van der Waals surface area contributed by atoms with Gasteiger partial charge in [0.05, 0.1) is 5.56 Å². The van der Waals surface area contributed by atoms with Gasteiger partial charge in [0.1, 0.15) is 5.82 Å². The van der Waals surface area contributed by atoms with E-state index in [-0.39, 0.29) is 5.56 Å². The lowest BCUT2D eigenvalue weighted by molar-refractivity contribution is -0.372. The summed E-state index contributed by atoms with van der Waals surface area (Å²) in [6, 6.07) is 3.48. The van der Waals surface area contributed by atoms with E-state index in [4.69, 9.17) is 0 Å². The van der Waals surface area contributed by atoms with Crippen LogP contribution >= 0.6 is 0 Å². The van der Waals surface area contributed by atoms with Gasteiger partial charge in [-0.25, -0.2) is 4.39 Å². The Morgan fingerprint density at radius 1 is 1.13 bits per heavy atom. The molecule has 0 saturated carbocycles. The molecule has 0 fully saturated rings. The van der Waals surface area contributed by atoms with E-state index in [1.165, 1.54) is 12.1 Å². The summed E-state index contributed by atoms with van der Waals surface area (Å²) in [5.74, 6) is -6.24. The van der Waals surface area contributed by atoms with Gasteiger partial charge >= 0.3 is 0 Å². The van der Waals surface area contributed by atoms with Gasteiger partial charge in [0.25, 0.3) is 11.8 Å². The van der Waals surface area contributed by atoms with E-state index in [9.17, 15) is 24.8 Å². The average Bonchev–Trinajstić information content (AvgIpc) is 2.27. The van der Waals surface area contributed by atoms with Crippen LogP contribution in [0.1, 0.15) is 11.1 Å². The number of hydrogen-bond acceptors (Lipinski definition) is 5. The first-order valence-corrected chi connectivity index (χ1v) is 4.22. The second kappa shape index (κ2) is 2.75. The Morgan fingerprint density at radius 2 is 1.73 bits per heavy atom. The number of fused-ring (bicyclic) bond motifs is 1. The Labute approximate surface area is 84.6 Å². The van der Waals surface area contributed by atoms with E-state index in [0.29, 0.717) is 4.90 Å². The van der Waals surface area contributed by atoms with Crippen LogP contribution in [0.15, 0.2) is 18.2 Å². The summed E-state index contributed by atoms with van der Waals surface area (Å²) >= 11 is 0. The first-order chi connectivity index (χ1) is 6.79. The molecule has 82 valence electrons. The highest BCUT2D eigenvalue weighted by Gasteiger charge is 2.56. The lowest BCUT2D eigenvalue weighted by Gasteiger charge is -2.31. The monoisotopic (exact) mass is 215 g/mol. The maximum absolute atomic E-state index is 13.3. The van der Waals surface area contributed by atoms with Crippen molar-refractivity contribution in [2.75, 3.05) is 7.05 Å². The summed E-state index contributed by atoms with van der Waals surface area (Å²) in [6.07, 6.45) is 0. The van der Waals surface area contributed by atoms with Crippen molar-refractivity contribution in [2.24, 2.45) is 0 Å². The van der Waals surface area contributed by atoms with Crippen molar-refractivity contribution >= 4 is 0 Å². The Kier molecular flexibility index (Phi) is 1.92. The van der Waals surface area contributed by atoms with Gasteiger partial charge in [0, 0.05) is 5.56 Å². The van der Waals surface area contributed by atoms with Crippen LogP contribution in [0.3, 0.4) is 0 Å². The SMILES string of the molecule is CN1C(O)(O)c2cccc(F)c2C1(O)O. The van der Waals surface area contributed by atoms with E-state index in [1.54, 1.807) is 0 Å². The molecule has 0 bridgehead atoms. The fourth-order valence-electron chi connectivity index (χ4n) is 1.71. The van der Waals surface area contributed by atoms with Crippen LogP contribution in [0.2, 0.25) is 0 Å². The molecule has 15 heavy (non-hydrogen) atoms. The minimum Gasteiger partial charge on any atom is -0.349 e. The highest BCUT2D eigenvalue weighted by molar-refractivity contribution is 5.38. The molecular formula is C9H10FNO4. The number of benzene rings is 1. The zero-order valence-electron chi connectivity index (χ0n) is 7.85. The second-order valence-corrected chi connectivity index (χ2v) is 3.49. The van der Waals surface area contributed by atoms with Gasteiger partial charge in [-0.15, -0.1) is 0 Å². The molecule has 2 rings (SSSR count). The third-order valence-electron chi connectivity index (χ3n) is 2.65. The minimum absolute atomic E-state index is 0.282. The minimum atomic E-state index is -2.73. The largest absolute Gasteiger partial charge is 0.349 e. The number of aliphatic hydroxyl groups is 4. The molecule has 1 heterocycles. The van der Waals surface area contributed by atoms with Crippen molar-refractivity contribution in [1.29, 1.82) is 0 Å².